The van der Waals surface area contributed by atoms with Crippen molar-refractivity contribution in [3.8, 4) is 0 Å². The molecule has 0 nitrogen and oxygen atoms in total. The summed E-state index contributed by atoms with van der Waals surface area (Å²) in [6.45, 7) is 9.37. The second-order valence-electron chi connectivity index (χ2n) is 8.32. The average Bonchev–Trinajstić information content (AvgIpc) is 2.53. The molecule has 2 atom stereocenters. The molecule has 0 amide bonds. The summed E-state index contributed by atoms with van der Waals surface area (Å²) >= 11 is 0. The molecule has 2 aromatic carbocycles. The van der Waals surface area contributed by atoms with Crippen LogP contribution in [0.25, 0.3) is 0 Å². The van der Waals surface area contributed by atoms with Gasteiger partial charge >= 0.3 is 6.18 Å². The zero-order valence-corrected chi connectivity index (χ0v) is 17.6. The summed E-state index contributed by atoms with van der Waals surface area (Å²) in [6.07, 6.45) is 0.361. The van der Waals surface area contributed by atoms with Gasteiger partial charge in [-0.2, -0.15) is 13.2 Å². The molecule has 0 N–H and O–H groups in total. The summed E-state index contributed by atoms with van der Waals surface area (Å²) in [5.74, 6) is 0. The lowest BCUT2D eigenvalue weighted by atomic mass is 10.1. The predicted octanol–water partition coefficient (Wildman–Crippen LogP) is 5.55. The van der Waals surface area contributed by atoms with Crippen molar-refractivity contribution in [3.05, 3.63) is 72.3 Å². The number of allylic oxidation sites excluding steroid dienone is 2. The van der Waals surface area contributed by atoms with Crippen molar-refractivity contribution < 1.29 is 13.2 Å². The van der Waals surface area contributed by atoms with Gasteiger partial charge in [0.2, 0.25) is 0 Å². The highest BCUT2D eigenvalue weighted by Crippen LogP contribution is 2.49. The minimum Gasteiger partial charge on any atom is -0.166 e. The summed E-state index contributed by atoms with van der Waals surface area (Å²) < 4.78 is 38.6. The maximum Gasteiger partial charge on any atom is 0.416 e. The first kappa shape index (κ1) is 19.2. The fourth-order valence-electron chi connectivity index (χ4n) is 4.05. The lowest BCUT2D eigenvalue weighted by Crippen LogP contribution is -2.56. The molecule has 5 heteroatoms. The number of rotatable bonds is 4. The first-order chi connectivity index (χ1) is 12.0. The summed E-state index contributed by atoms with van der Waals surface area (Å²) in [6, 6.07) is 16.6. The van der Waals surface area contributed by atoms with Gasteiger partial charge in [0.15, 0.2) is 0 Å². The van der Waals surface area contributed by atoms with Crippen molar-refractivity contribution in [2.24, 2.45) is 0 Å². The normalized spacial score (nSPS) is 20.7. The van der Waals surface area contributed by atoms with Crippen LogP contribution in [0.5, 0.6) is 0 Å². The zero-order chi connectivity index (χ0) is 19.2. The lowest BCUT2D eigenvalue weighted by Gasteiger charge is -2.47. The molecule has 1 aliphatic carbocycles. The van der Waals surface area contributed by atoms with E-state index in [1.165, 1.54) is 17.3 Å². The third-order valence-electron chi connectivity index (χ3n) is 6.05. The largest absolute Gasteiger partial charge is 0.416 e. The van der Waals surface area contributed by atoms with Crippen LogP contribution < -0.4 is 10.4 Å². The molecule has 0 unspecified atom stereocenters. The highest BCUT2D eigenvalue weighted by atomic mass is 28.3. The minimum absolute atomic E-state index is 0.473. The Kier molecular flexibility index (Phi) is 4.82. The van der Waals surface area contributed by atoms with E-state index in [-0.39, 0.29) is 0 Å². The second kappa shape index (κ2) is 6.53. The van der Waals surface area contributed by atoms with E-state index in [1.54, 1.807) is 12.1 Å². The third kappa shape index (κ3) is 3.34. The standard InChI is InChI=1S/C21H25F3Si2/c1-25(2,17-8-6-5-7-9-17)19-14-15-20(19)26(3,4)18-12-10-16(11-13-18)21(22,23)24/h5-15,19-20H,1-4H3/t19-,20+/m0/s1. The third-order valence-corrected chi connectivity index (χ3v) is 14.5. The van der Waals surface area contributed by atoms with Crippen LogP contribution in [-0.2, 0) is 6.18 Å². The van der Waals surface area contributed by atoms with Gasteiger partial charge in [0, 0.05) is 0 Å². The van der Waals surface area contributed by atoms with Crippen molar-refractivity contribution in [2.45, 2.75) is 43.4 Å². The van der Waals surface area contributed by atoms with Gasteiger partial charge in [-0.15, -0.1) is 0 Å². The molecule has 3 rings (SSSR count). The quantitative estimate of drug-likeness (QED) is 0.474. The smallest absolute Gasteiger partial charge is 0.166 e. The van der Waals surface area contributed by atoms with Gasteiger partial charge in [-0.1, -0.05) is 103 Å². The molecule has 0 saturated carbocycles. The molecule has 0 heterocycles. The molecule has 2 aromatic rings. The van der Waals surface area contributed by atoms with Gasteiger partial charge in [0.25, 0.3) is 0 Å². The van der Waals surface area contributed by atoms with Crippen LogP contribution in [0.1, 0.15) is 5.56 Å². The monoisotopic (exact) mass is 390 g/mol. The van der Waals surface area contributed by atoms with Gasteiger partial charge in [-0.05, 0) is 11.1 Å². The van der Waals surface area contributed by atoms with E-state index in [1.807, 2.05) is 6.07 Å². The van der Waals surface area contributed by atoms with E-state index in [4.69, 9.17) is 0 Å². The van der Waals surface area contributed by atoms with Crippen molar-refractivity contribution in [3.63, 3.8) is 0 Å². The van der Waals surface area contributed by atoms with Crippen LogP contribution >= 0.6 is 0 Å². The Morgan fingerprint density at radius 1 is 0.654 bits per heavy atom. The van der Waals surface area contributed by atoms with Crippen LogP contribution in [0.4, 0.5) is 13.2 Å². The van der Waals surface area contributed by atoms with E-state index in [2.05, 4.69) is 62.6 Å². The Bertz CT molecular complexity index is 790. The first-order valence-corrected chi connectivity index (χ1v) is 15.1. The Balaban J connectivity index is 1.87. The molecule has 0 radical (unpaired) electrons. The van der Waals surface area contributed by atoms with Crippen molar-refractivity contribution >= 4 is 26.5 Å². The molecule has 0 aromatic heterocycles. The number of halogens is 3. The van der Waals surface area contributed by atoms with Crippen molar-refractivity contribution in [1.82, 2.24) is 0 Å². The summed E-state index contributed by atoms with van der Waals surface area (Å²) in [4.78, 5) is 0. The lowest BCUT2D eigenvalue weighted by molar-refractivity contribution is -0.137. The molecule has 138 valence electrons. The molecular weight excluding hydrogens is 365 g/mol. The highest BCUT2D eigenvalue weighted by Gasteiger charge is 2.48. The first-order valence-electron chi connectivity index (χ1n) is 8.96. The van der Waals surface area contributed by atoms with E-state index >= 15 is 0 Å². The molecule has 0 bridgehead atoms. The van der Waals surface area contributed by atoms with Gasteiger partial charge in [0.1, 0.15) is 0 Å². The summed E-state index contributed by atoms with van der Waals surface area (Å²) in [7, 11) is -3.58. The van der Waals surface area contributed by atoms with E-state index in [0.717, 1.165) is 5.19 Å². The molecule has 0 saturated heterocycles. The highest BCUT2D eigenvalue weighted by molar-refractivity contribution is 6.97. The fourth-order valence-corrected chi connectivity index (χ4v) is 12.6. The topological polar surface area (TPSA) is 0 Å². The van der Waals surface area contributed by atoms with E-state index in [0.29, 0.717) is 11.1 Å². The SMILES string of the molecule is C[Si](C)(c1ccc(C(F)(F)F)cc1)[C@@H]1C=C[C@@H]1[Si](C)(C)c1ccccc1. The number of benzene rings is 2. The zero-order valence-electron chi connectivity index (χ0n) is 15.6. The Labute approximate surface area is 155 Å². The van der Waals surface area contributed by atoms with Gasteiger partial charge < -0.3 is 0 Å². The van der Waals surface area contributed by atoms with Crippen LogP contribution in [0, 0.1) is 0 Å². The van der Waals surface area contributed by atoms with Crippen LogP contribution in [0.2, 0.25) is 37.3 Å². The average molecular weight is 391 g/mol. The van der Waals surface area contributed by atoms with Crippen molar-refractivity contribution in [2.75, 3.05) is 0 Å². The number of hydrogen-bond donors (Lipinski definition) is 0. The molecule has 26 heavy (non-hydrogen) atoms. The maximum atomic E-state index is 12.9. The van der Waals surface area contributed by atoms with Gasteiger partial charge in [0.05, 0.1) is 21.7 Å². The molecule has 1 aliphatic rings. The molecule has 0 aliphatic heterocycles. The Morgan fingerprint density at radius 3 is 1.46 bits per heavy atom. The van der Waals surface area contributed by atoms with Crippen LogP contribution in [0.3, 0.4) is 0 Å². The molecular formula is C21H25F3Si2. The van der Waals surface area contributed by atoms with Crippen LogP contribution in [-0.4, -0.2) is 16.1 Å². The minimum atomic E-state index is -4.27. The van der Waals surface area contributed by atoms with Gasteiger partial charge in [-0.25, -0.2) is 0 Å². The van der Waals surface area contributed by atoms with Gasteiger partial charge in [-0.3, -0.25) is 0 Å². The Morgan fingerprint density at radius 2 is 1.08 bits per heavy atom. The molecule has 0 spiro atoms. The number of hydrogen-bond acceptors (Lipinski definition) is 0. The Hall–Kier alpha value is -1.60. The van der Waals surface area contributed by atoms with E-state index < -0.39 is 27.9 Å². The fraction of sp³-hybridized carbons (Fsp3) is 0.333. The maximum absolute atomic E-state index is 12.9. The second-order valence-corrected chi connectivity index (χ2v) is 17.7. The molecule has 0 fully saturated rings. The summed E-state index contributed by atoms with van der Waals surface area (Å²) in [5, 5.41) is 2.54. The van der Waals surface area contributed by atoms with E-state index in [9.17, 15) is 13.2 Å². The van der Waals surface area contributed by atoms with Crippen molar-refractivity contribution in [1.29, 1.82) is 0 Å². The number of alkyl halides is 3. The predicted molar refractivity (Wildman–Crippen MR) is 109 cm³/mol. The van der Waals surface area contributed by atoms with Crippen LogP contribution in [0.15, 0.2) is 66.7 Å². The summed E-state index contributed by atoms with van der Waals surface area (Å²) in [5.41, 5.74) is 0.445.